The quantitative estimate of drug-likeness (QED) is 0.456. The number of hydrogen-bond donors (Lipinski definition) is 5. The van der Waals surface area contributed by atoms with E-state index >= 15 is 0 Å². The Kier molecular flexibility index (Phi) is 3.45. The molecule has 3 aromatic rings. The number of aromatic hydroxyl groups is 2. The van der Waals surface area contributed by atoms with Crippen LogP contribution in [-0.2, 0) is 0 Å². The van der Waals surface area contributed by atoms with Gasteiger partial charge in [0, 0.05) is 6.07 Å². The van der Waals surface area contributed by atoms with E-state index in [9.17, 15) is 24.6 Å². The lowest BCUT2D eigenvalue weighted by Crippen LogP contribution is -2.18. The number of benzene rings is 1. The molecule has 0 aliphatic carbocycles. The maximum atomic E-state index is 12.1. The normalized spacial score (nSPS) is 10.7. The van der Waals surface area contributed by atoms with E-state index < -0.39 is 28.9 Å². The van der Waals surface area contributed by atoms with E-state index in [1.54, 1.807) is 0 Å². The first kappa shape index (κ1) is 15.2. The Morgan fingerprint density at radius 3 is 2.46 bits per heavy atom. The largest absolute Gasteiger partial charge is 0.508 e. The van der Waals surface area contributed by atoms with E-state index in [4.69, 9.17) is 9.52 Å². The molecule has 0 saturated heterocycles. The Balaban J connectivity index is 2.00. The summed E-state index contributed by atoms with van der Waals surface area (Å²) in [6, 6.07) is 6.14. The molecule has 9 heteroatoms. The Hall–Kier alpha value is -3.75. The molecule has 0 fully saturated rings. The molecular weight excluding hydrogens is 320 g/mol. The van der Waals surface area contributed by atoms with Gasteiger partial charge in [0.1, 0.15) is 22.7 Å². The van der Waals surface area contributed by atoms with Crippen LogP contribution in [0.15, 0.2) is 39.5 Å². The predicted octanol–water partition coefficient (Wildman–Crippen LogP) is 1.48. The SMILES string of the molecule is O=C(O)c1ccc(C(=O)Nc2c(O)c3ccc(O)cc3oc2=O)[nH]1. The monoisotopic (exact) mass is 330 g/mol. The van der Waals surface area contributed by atoms with Crippen molar-refractivity contribution in [1.29, 1.82) is 0 Å². The highest BCUT2D eigenvalue weighted by Crippen LogP contribution is 2.31. The molecule has 0 spiro atoms. The molecule has 1 amide bonds. The van der Waals surface area contributed by atoms with Gasteiger partial charge in [0.2, 0.25) is 0 Å². The standard InChI is InChI=1S/C15H10N2O7/c18-6-1-2-7-10(5-6)24-15(23)11(12(7)19)17-13(20)8-3-4-9(16-8)14(21)22/h1-5,16,18-19H,(H,17,20)(H,21,22). The average Bonchev–Trinajstić information content (AvgIpc) is 3.01. The number of carboxylic acids is 1. The molecule has 1 aromatic carbocycles. The van der Waals surface area contributed by atoms with Gasteiger partial charge in [-0.25, -0.2) is 9.59 Å². The van der Waals surface area contributed by atoms with E-state index in [2.05, 4.69) is 10.3 Å². The molecule has 0 radical (unpaired) electrons. The second kappa shape index (κ2) is 5.47. The van der Waals surface area contributed by atoms with Gasteiger partial charge in [-0.05, 0) is 24.3 Å². The third-order valence-corrected chi connectivity index (χ3v) is 3.26. The highest BCUT2D eigenvalue weighted by molar-refractivity contribution is 6.06. The first-order chi connectivity index (χ1) is 11.4. The van der Waals surface area contributed by atoms with Crippen LogP contribution >= 0.6 is 0 Å². The Labute approximate surface area is 132 Å². The number of carbonyl (C=O) groups is 2. The lowest BCUT2D eigenvalue weighted by Gasteiger charge is -2.07. The molecule has 0 unspecified atom stereocenters. The van der Waals surface area contributed by atoms with Crippen LogP contribution < -0.4 is 10.9 Å². The first-order valence-corrected chi connectivity index (χ1v) is 6.59. The fourth-order valence-corrected chi connectivity index (χ4v) is 2.12. The lowest BCUT2D eigenvalue weighted by atomic mass is 10.2. The van der Waals surface area contributed by atoms with Gasteiger partial charge in [-0.3, -0.25) is 4.79 Å². The van der Waals surface area contributed by atoms with Crippen LogP contribution in [0.5, 0.6) is 11.5 Å². The molecule has 2 heterocycles. The highest BCUT2D eigenvalue weighted by Gasteiger charge is 2.19. The molecular formula is C15H10N2O7. The number of aromatic amines is 1. The summed E-state index contributed by atoms with van der Waals surface area (Å²) < 4.78 is 4.94. The summed E-state index contributed by atoms with van der Waals surface area (Å²) in [7, 11) is 0. The molecule has 0 atom stereocenters. The zero-order valence-corrected chi connectivity index (χ0v) is 11.9. The molecule has 2 aromatic heterocycles. The fourth-order valence-electron chi connectivity index (χ4n) is 2.12. The predicted molar refractivity (Wildman–Crippen MR) is 81.5 cm³/mol. The van der Waals surface area contributed by atoms with Crippen molar-refractivity contribution in [2.75, 3.05) is 5.32 Å². The van der Waals surface area contributed by atoms with Crippen LogP contribution in [0.4, 0.5) is 5.69 Å². The number of rotatable bonds is 3. The van der Waals surface area contributed by atoms with Crippen molar-refractivity contribution in [3.05, 3.63) is 52.1 Å². The van der Waals surface area contributed by atoms with Crippen LogP contribution in [0, 0.1) is 0 Å². The third-order valence-electron chi connectivity index (χ3n) is 3.26. The van der Waals surface area contributed by atoms with Crippen LogP contribution in [0.3, 0.4) is 0 Å². The third kappa shape index (κ3) is 2.54. The summed E-state index contributed by atoms with van der Waals surface area (Å²) in [6.07, 6.45) is 0. The number of carbonyl (C=O) groups excluding carboxylic acids is 1. The minimum absolute atomic E-state index is 0.0523. The molecule has 122 valence electrons. The summed E-state index contributed by atoms with van der Waals surface area (Å²) in [6.45, 7) is 0. The molecule has 0 saturated carbocycles. The number of nitrogens with one attached hydrogen (secondary N) is 2. The number of aromatic carboxylic acids is 1. The van der Waals surface area contributed by atoms with Crippen LogP contribution in [-0.4, -0.2) is 32.2 Å². The van der Waals surface area contributed by atoms with Gasteiger partial charge in [0.15, 0.2) is 11.4 Å². The number of phenolic OH excluding ortho intramolecular Hbond substituents is 1. The number of aromatic nitrogens is 1. The Morgan fingerprint density at radius 1 is 1.08 bits per heavy atom. The fraction of sp³-hybridized carbons (Fsp3) is 0. The van der Waals surface area contributed by atoms with Crippen molar-refractivity contribution >= 4 is 28.5 Å². The van der Waals surface area contributed by atoms with Crippen LogP contribution in [0.25, 0.3) is 11.0 Å². The number of fused-ring (bicyclic) bond motifs is 1. The zero-order chi connectivity index (χ0) is 17.4. The first-order valence-electron chi connectivity index (χ1n) is 6.59. The van der Waals surface area contributed by atoms with E-state index in [0.717, 1.165) is 6.07 Å². The molecule has 9 nitrogen and oxygen atoms in total. The van der Waals surface area contributed by atoms with E-state index in [1.807, 2.05) is 0 Å². The summed E-state index contributed by atoms with van der Waals surface area (Å²) in [5.74, 6) is -2.76. The van der Waals surface area contributed by atoms with Crippen molar-refractivity contribution in [2.45, 2.75) is 0 Å². The highest BCUT2D eigenvalue weighted by atomic mass is 16.4. The summed E-state index contributed by atoms with van der Waals surface area (Å²) in [5.41, 5.74) is -1.89. The second-order valence-corrected chi connectivity index (χ2v) is 4.84. The van der Waals surface area contributed by atoms with Crippen LogP contribution in [0.1, 0.15) is 21.0 Å². The number of phenols is 1. The molecule has 0 aliphatic heterocycles. The summed E-state index contributed by atoms with van der Waals surface area (Å²) >= 11 is 0. The van der Waals surface area contributed by atoms with Crippen molar-refractivity contribution in [3.63, 3.8) is 0 Å². The number of H-pyrrole nitrogens is 1. The van der Waals surface area contributed by atoms with E-state index in [-0.39, 0.29) is 28.1 Å². The van der Waals surface area contributed by atoms with Crippen molar-refractivity contribution in [1.82, 2.24) is 4.98 Å². The number of carboxylic acid groups (broad SMARTS) is 1. The van der Waals surface area contributed by atoms with Gasteiger partial charge < -0.3 is 30.0 Å². The van der Waals surface area contributed by atoms with Gasteiger partial charge in [0.25, 0.3) is 5.91 Å². The summed E-state index contributed by atoms with van der Waals surface area (Å²) in [5, 5.41) is 30.6. The van der Waals surface area contributed by atoms with Crippen molar-refractivity contribution in [2.24, 2.45) is 0 Å². The van der Waals surface area contributed by atoms with Gasteiger partial charge in [-0.15, -0.1) is 0 Å². The minimum atomic E-state index is -1.25. The van der Waals surface area contributed by atoms with E-state index in [0.29, 0.717) is 0 Å². The number of hydrogen-bond acceptors (Lipinski definition) is 6. The van der Waals surface area contributed by atoms with Crippen molar-refractivity contribution in [3.8, 4) is 11.5 Å². The molecule has 3 rings (SSSR count). The van der Waals surface area contributed by atoms with Crippen LogP contribution in [0.2, 0.25) is 0 Å². The molecule has 0 bridgehead atoms. The number of amides is 1. The van der Waals surface area contributed by atoms with Gasteiger partial charge in [0.05, 0.1) is 5.39 Å². The van der Waals surface area contributed by atoms with E-state index in [1.165, 1.54) is 24.3 Å². The van der Waals surface area contributed by atoms with Crippen molar-refractivity contribution < 1.29 is 29.3 Å². The maximum absolute atomic E-state index is 12.1. The Morgan fingerprint density at radius 2 is 1.79 bits per heavy atom. The lowest BCUT2D eigenvalue weighted by molar-refractivity contribution is 0.0691. The van der Waals surface area contributed by atoms with Gasteiger partial charge >= 0.3 is 11.6 Å². The average molecular weight is 330 g/mol. The van der Waals surface area contributed by atoms with Gasteiger partial charge in [-0.1, -0.05) is 0 Å². The molecule has 0 aliphatic rings. The minimum Gasteiger partial charge on any atom is -0.508 e. The molecule has 24 heavy (non-hydrogen) atoms. The smallest absolute Gasteiger partial charge is 0.364 e. The van der Waals surface area contributed by atoms with Gasteiger partial charge in [-0.2, -0.15) is 0 Å². The second-order valence-electron chi connectivity index (χ2n) is 4.84. The Bertz CT molecular complexity index is 1030. The molecule has 5 N–H and O–H groups in total. The number of anilines is 1. The topological polar surface area (TPSA) is 153 Å². The maximum Gasteiger partial charge on any atom is 0.364 e. The summed E-state index contributed by atoms with van der Waals surface area (Å²) in [4.78, 5) is 37.1. The zero-order valence-electron chi connectivity index (χ0n) is 11.9.